The first-order valence-electron chi connectivity index (χ1n) is 10.1. The van der Waals surface area contributed by atoms with E-state index in [9.17, 15) is 0 Å². The molecule has 4 heterocycles. The highest BCUT2D eigenvalue weighted by atomic mass is 35.5. The lowest BCUT2D eigenvalue weighted by Gasteiger charge is -2.22. The van der Waals surface area contributed by atoms with Gasteiger partial charge in [0.2, 0.25) is 0 Å². The highest BCUT2D eigenvalue weighted by molar-refractivity contribution is 6.44. The number of halogens is 3. The molecular formula is C22H20Cl3N5O. The Morgan fingerprint density at radius 1 is 1.03 bits per heavy atom. The lowest BCUT2D eigenvalue weighted by atomic mass is 10.1. The fraction of sp³-hybridized carbons (Fsp3) is 0.273. The van der Waals surface area contributed by atoms with Crippen molar-refractivity contribution in [3.63, 3.8) is 0 Å². The van der Waals surface area contributed by atoms with Crippen molar-refractivity contribution in [3.8, 4) is 11.1 Å². The van der Waals surface area contributed by atoms with Crippen LogP contribution in [0.4, 0.5) is 0 Å². The second kappa shape index (κ2) is 8.71. The van der Waals surface area contributed by atoms with Gasteiger partial charge in [-0.05, 0) is 50.2 Å². The van der Waals surface area contributed by atoms with Gasteiger partial charge in [-0.25, -0.2) is 0 Å². The summed E-state index contributed by atoms with van der Waals surface area (Å²) in [5, 5.41) is 9.33. The van der Waals surface area contributed by atoms with Gasteiger partial charge in [0.15, 0.2) is 0 Å². The monoisotopic (exact) mass is 475 g/mol. The minimum absolute atomic E-state index is 0.180. The summed E-state index contributed by atoms with van der Waals surface area (Å²) < 4.78 is 3.75. The Morgan fingerprint density at radius 3 is 2.68 bits per heavy atom. The molecule has 1 aromatic carbocycles. The molecule has 1 saturated heterocycles. The Balaban J connectivity index is 1.40. The van der Waals surface area contributed by atoms with Crippen LogP contribution in [-0.2, 0) is 6.61 Å². The normalized spacial score (nSPS) is 14.9. The van der Waals surface area contributed by atoms with Gasteiger partial charge in [-0.3, -0.25) is 9.67 Å². The number of rotatable bonds is 5. The van der Waals surface area contributed by atoms with Gasteiger partial charge in [-0.2, -0.15) is 9.83 Å². The third-order valence-electron chi connectivity index (χ3n) is 5.61. The summed E-state index contributed by atoms with van der Waals surface area (Å²) in [5.74, 6) is 0. The summed E-state index contributed by atoms with van der Waals surface area (Å²) in [4.78, 5) is 10.6. The van der Waals surface area contributed by atoms with Crippen molar-refractivity contribution in [2.24, 2.45) is 0 Å². The third kappa shape index (κ3) is 4.13. The molecule has 0 radical (unpaired) electrons. The van der Waals surface area contributed by atoms with Crippen LogP contribution in [0.5, 0.6) is 0 Å². The first-order valence-corrected chi connectivity index (χ1v) is 11.2. The number of benzene rings is 1. The quantitative estimate of drug-likeness (QED) is 0.391. The van der Waals surface area contributed by atoms with E-state index in [0.717, 1.165) is 48.1 Å². The maximum Gasteiger partial charge on any atom is 0.143 e. The van der Waals surface area contributed by atoms with Crippen LogP contribution in [0, 0.1) is 0 Å². The van der Waals surface area contributed by atoms with Crippen molar-refractivity contribution in [2.75, 3.05) is 13.1 Å². The number of hydrogen-bond donors (Lipinski definition) is 1. The molecule has 3 aromatic heterocycles. The average Bonchev–Trinajstić information content (AvgIpc) is 3.44. The van der Waals surface area contributed by atoms with E-state index in [0.29, 0.717) is 26.7 Å². The standard InChI is InChI=1S/C22H20Cl3N5O/c23-18-1-2-19(24)22(25)17(18)13-31-30-8-5-20-21(30)9-14(10-27-20)15-11-28-29(12-15)16-3-6-26-7-4-16/h1-2,5,8-12,16,26H,3-4,6-7,13H2. The summed E-state index contributed by atoms with van der Waals surface area (Å²) >= 11 is 18.7. The molecule has 0 saturated carbocycles. The first-order chi connectivity index (χ1) is 15.1. The number of nitrogens with zero attached hydrogens (tertiary/aromatic N) is 4. The van der Waals surface area contributed by atoms with E-state index in [1.54, 1.807) is 16.9 Å². The highest BCUT2D eigenvalue weighted by Gasteiger charge is 2.17. The van der Waals surface area contributed by atoms with Gasteiger partial charge in [0.05, 0.1) is 27.8 Å². The number of hydrogen-bond acceptors (Lipinski definition) is 4. The Labute approximate surface area is 194 Å². The van der Waals surface area contributed by atoms with Gasteiger partial charge in [0.1, 0.15) is 12.1 Å². The molecule has 0 bridgehead atoms. The van der Waals surface area contributed by atoms with Gasteiger partial charge in [-0.1, -0.05) is 34.8 Å². The van der Waals surface area contributed by atoms with Crippen molar-refractivity contribution in [1.29, 1.82) is 0 Å². The van der Waals surface area contributed by atoms with Crippen LogP contribution < -0.4 is 10.2 Å². The molecule has 31 heavy (non-hydrogen) atoms. The zero-order valence-electron chi connectivity index (χ0n) is 16.6. The first kappa shape index (κ1) is 20.6. The number of fused-ring (bicyclic) bond motifs is 1. The molecule has 9 heteroatoms. The van der Waals surface area contributed by atoms with Crippen LogP contribution in [0.25, 0.3) is 22.2 Å². The molecule has 1 fully saturated rings. The second-order valence-corrected chi connectivity index (χ2v) is 8.75. The molecule has 0 aliphatic carbocycles. The van der Waals surface area contributed by atoms with E-state index >= 15 is 0 Å². The molecule has 4 aromatic rings. The molecule has 1 aliphatic rings. The van der Waals surface area contributed by atoms with E-state index in [-0.39, 0.29) is 6.61 Å². The van der Waals surface area contributed by atoms with Crippen LogP contribution in [0.15, 0.2) is 49.1 Å². The van der Waals surface area contributed by atoms with Crippen molar-refractivity contribution < 1.29 is 4.84 Å². The van der Waals surface area contributed by atoms with Gasteiger partial charge >= 0.3 is 0 Å². The molecular weight excluding hydrogens is 457 g/mol. The lowest BCUT2D eigenvalue weighted by molar-refractivity contribution is 0.107. The molecule has 0 amide bonds. The Bertz CT molecular complexity index is 1230. The average molecular weight is 477 g/mol. The van der Waals surface area contributed by atoms with Crippen molar-refractivity contribution in [1.82, 2.24) is 24.8 Å². The predicted octanol–water partition coefficient (Wildman–Crippen LogP) is 5.41. The summed E-state index contributed by atoms with van der Waals surface area (Å²) in [6, 6.07) is 7.76. The molecule has 1 aliphatic heterocycles. The zero-order chi connectivity index (χ0) is 21.4. The van der Waals surface area contributed by atoms with Crippen LogP contribution in [-0.4, -0.2) is 32.6 Å². The fourth-order valence-electron chi connectivity index (χ4n) is 3.85. The van der Waals surface area contributed by atoms with Crippen LogP contribution in [0.3, 0.4) is 0 Å². The van der Waals surface area contributed by atoms with Crippen LogP contribution >= 0.6 is 34.8 Å². The fourth-order valence-corrected chi connectivity index (χ4v) is 4.51. The number of piperidine rings is 1. The topological polar surface area (TPSA) is 56.9 Å². The second-order valence-electron chi connectivity index (χ2n) is 7.56. The molecule has 160 valence electrons. The van der Waals surface area contributed by atoms with Gasteiger partial charge in [0.25, 0.3) is 0 Å². The lowest BCUT2D eigenvalue weighted by Crippen LogP contribution is -2.29. The van der Waals surface area contributed by atoms with Crippen molar-refractivity contribution >= 4 is 45.8 Å². The summed E-state index contributed by atoms with van der Waals surface area (Å²) in [5.41, 5.74) is 4.33. The molecule has 5 rings (SSSR count). The number of nitrogens with one attached hydrogen (secondary N) is 1. The van der Waals surface area contributed by atoms with E-state index in [2.05, 4.69) is 26.3 Å². The summed E-state index contributed by atoms with van der Waals surface area (Å²) in [6.07, 6.45) is 9.85. The van der Waals surface area contributed by atoms with Gasteiger partial charge in [-0.15, -0.1) is 0 Å². The minimum atomic E-state index is 0.180. The van der Waals surface area contributed by atoms with Crippen LogP contribution in [0.2, 0.25) is 15.1 Å². The summed E-state index contributed by atoms with van der Waals surface area (Å²) in [7, 11) is 0. The molecule has 0 spiro atoms. The van der Waals surface area contributed by atoms with E-state index in [1.807, 2.05) is 30.7 Å². The van der Waals surface area contributed by atoms with E-state index < -0.39 is 0 Å². The van der Waals surface area contributed by atoms with E-state index in [4.69, 9.17) is 39.6 Å². The highest BCUT2D eigenvalue weighted by Crippen LogP contribution is 2.32. The smallest absolute Gasteiger partial charge is 0.143 e. The summed E-state index contributed by atoms with van der Waals surface area (Å²) in [6.45, 7) is 2.23. The molecule has 0 unspecified atom stereocenters. The van der Waals surface area contributed by atoms with Gasteiger partial charge < -0.3 is 10.2 Å². The molecule has 1 N–H and O–H groups in total. The largest absolute Gasteiger partial charge is 0.409 e. The Kier molecular flexibility index (Phi) is 5.80. The predicted molar refractivity (Wildman–Crippen MR) is 124 cm³/mol. The Hall–Kier alpha value is -2.25. The molecule has 0 atom stereocenters. The number of aromatic nitrogens is 4. The maximum absolute atomic E-state index is 6.30. The van der Waals surface area contributed by atoms with E-state index in [1.165, 1.54) is 0 Å². The third-order valence-corrected chi connectivity index (χ3v) is 6.80. The number of pyridine rings is 1. The zero-order valence-corrected chi connectivity index (χ0v) is 18.8. The SMILES string of the molecule is Clc1ccc(Cl)c(COn2ccc3ncc(-c4cnn(C5CCNCC5)c4)cc32)c1Cl. The minimum Gasteiger partial charge on any atom is -0.409 e. The van der Waals surface area contributed by atoms with Crippen molar-refractivity contribution in [3.05, 3.63) is 69.7 Å². The Morgan fingerprint density at radius 2 is 1.84 bits per heavy atom. The van der Waals surface area contributed by atoms with Crippen molar-refractivity contribution in [2.45, 2.75) is 25.5 Å². The van der Waals surface area contributed by atoms with Gasteiger partial charge in [0, 0.05) is 40.3 Å². The maximum atomic E-state index is 6.30. The van der Waals surface area contributed by atoms with Crippen LogP contribution in [0.1, 0.15) is 24.4 Å². The molecule has 6 nitrogen and oxygen atoms in total.